The van der Waals surface area contributed by atoms with Crippen LogP contribution in [0.1, 0.15) is 23.6 Å². The molecule has 2 rings (SSSR count). The van der Waals surface area contributed by atoms with Crippen LogP contribution in [0.3, 0.4) is 0 Å². The summed E-state index contributed by atoms with van der Waals surface area (Å²) in [6.07, 6.45) is 1.66. The first-order valence-electron chi connectivity index (χ1n) is 9.23. The number of nitrogens with zero attached hydrogens (tertiary/aromatic N) is 4. The number of hydrogen-bond acceptors (Lipinski definition) is 5. The number of rotatable bonds is 10. The monoisotopic (exact) mass is 536 g/mol. The molecule has 162 valence electrons. The Morgan fingerprint density at radius 1 is 1.21 bits per heavy atom. The summed E-state index contributed by atoms with van der Waals surface area (Å²) in [4.78, 5) is 4.62. The standard InChI is InChI=1S/C19H29ClN6O2.HI/c1-14-24-25-18(26(14)2)13-23-19(21-9-5-11-27-3)22-10-8-15-6-7-16(28-4)12-17(15)20;/h6-7,12H,5,8-11,13H2,1-4H3,(H2,21,22,23);1H. The average molecular weight is 537 g/mol. The Bertz CT molecular complexity index is 784. The molecule has 0 fully saturated rings. The lowest BCUT2D eigenvalue weighted by Crippen LogP contribution is -2.39. The lowest BCUT2D eigenvalue weighted by Gasteiger charge is -2.13. The van der Waals surface area contributed by atoms with Crippen molar-refractivity contribution in [2.45, 2.75) is 26.3 Å². The van der Waals surface area contributed by atoms with Gasteiger partial charge in [-0.25, -0.2) is 4.99 Å². The number of aliphatic imine (C=N–C) groups is 1. The van der Waals surface area contributed by atoms with Crippen molar-refractivity contribution in [3.05, 3.63) is 40.4 Å². The number of hydrogen-bond donors (Lipinski definition) is 2. The largest absolute Gasteiger partial charge is 0.497 e. The van der Waals surface area contributed by atoms with Crippen molar-refractivity contribution < 1.29 is 9.47 Å². The molecule has 0 unspecified atom stereocenters. The first-order valence-corrected chi connectivity index (χ1v) is 9.61. The number of nitrogens with one attached hydrogen (secondary N) is 2. The molecule has 2 aromatic rings. The Kier molecular flexibility index (Phi) is 11.9. The molecule has 0 radical (unpaired) electrons. The number of halogens is 2. The highest BCUT2D eigenvalue weighted by molar-refractivity contribution is 14.0. The number of guanidine groups is 1. The van der Waals surface area contributed by atoms with Gasteiger partial charge in [0.15, 0.2) is 11.8 Å². The predicted molar refractivity (Wildman–Crippen MR) is 127 cm³/mol. The van der Waals surface area contributed by atoms with E-state index in [4.69, 9.17) is 21.1 Å². The third-order valence-corrected chi connectivity index (χ3v) is 4.68. The van der Waals surface area contributed by atoms with Gasteiger partial charge in [0.2, 0.25) is 0 Å². The van der Waals surface area contributed by atoms with Gasteiger partial charge in [-0.1, -0.05) is 17.7 Å². The minimum atomic E-state index is 0. The van der Waals surface area contributed by atoms with E-state index < -0.39 is 0 Å². The van der Waals surface area contributed by atoms with Gasteiger partial charge in [0.25, 0.3) is 0 Å². The van der Waals surface area contributed by atoms with Crippen LogP contribution < -0.4 is 15.4 Å². The zero-order valence-electron chi connectivity index (χ0n) is 17.4. The highest BCUT2D eigenvalue weighted by atomic mass is 127. The third-order valence-electron chi connectivity index (χ3n) is 4.33. The topological polar surface area (TPSA) is 85.6 Å². The van der Waals surface area contributed by atoms with E-state index in [0.29, 0.717) is 24.7 Å². The number of aromatic nitrogens is 3. The van der Waals surface area contributed by atoms with Gasteiger partial charge in [0.1, 0.15) is 18.1 Å². The second-order valence-corrected chi connectivity index (χ2v) is 6.70. The van der Waals surface area contributed by atoms with Gasteiger partial charge in [-0.3, -0.25) is 0 Å². The van der Waals surface area contributed by atoms with Crippen molar-refractivity contribution in [2.24, 2.45) is 12.0 Å². The first kappa shape index (κ1) is 25.4. The summed E-state index contributed by atoms with van der Waals surface area (Å²) in [5.41, 5.74) is 1.05. The Morgan fingerprint density at radius 3 is 2.59 bits per heavy atom. The molecule has 1 aromatic heterocycles. The third kappa shape index (κ3) is 8.35. The molecule has 1 aromatic carbocycles. The fourth-order valence-electron chi connectivity index (χ4n) is 2.51. The summed E-state index contributed by atoms with van der Waals surface area (Å²) in [5.74, 6) is 3.15. The van der Waals surface area contributed by atoms with E-state index in [1.54, 1.807) is 14.2 Å². The molecule has 0 saturated heterocycles. The van der Waals surface area contributed by atoms with Crippen LogP contribution in [-0.4, -0.2) is 54.6 Å². The molecular formula is C19H30ClIN6O2. The van der Waals surface area contributed by atoms with Crippen LogP contribution in [-0.2, 0) is 24.8 Å². The number of aryl methyl sites for hydroxylation is 1. The van der Waals surface area contributed by atoms with Crippen molar-refractivity contribution in [3.8, 4) is 5.75 Å². The van der Waals surface area contributed by atoms with E-state index in [-0.39, 0.29) is 24.0 Å². The average Bonchev–Trinajstić information content (AvgIpc) is 3.02. The Hall–Kier alpha value is -1.59. The van der Waals surface area contributed by atoms with Crippen molar-refractivity contribution in [1.29, 1.82) is 0 Å². The smallest absolute Gasteiger partial charge is 0.191 e. The molecule has 0 aliphatic heterocycles. The maximum absolute atomic E-state index is 6.32. The summed E-state index contributed by atoms with van der Waals surface area (Å²) in [6, 6.07) is 5.72. The molecule has 10 heteroatoms. The van der Waals surface area contributed by atoms with E-state index >= 15 is 0 Å². The van der Waals surface area contributed by atoms with Crippen molar-refractivity contribution >= 4 is 41.5 Å². The molecule has 0 saturated carbocycles. The predicted octanol–water partition coefficient (Wildman–Crippen LogP) is 2.72. The quantitative estimate of drug-likeness (QED) is 0.210. The minimum absolute atomic E-state index is 0. The molecule has 2 N–H and O–H groups in total. The molecule has 0 spiro atoms. The Morgan fingerprint density at radius 2 is 1.97 bits per heavy atom. The van der Waals surface area contributed by atoms with Gasteiger partial charge in [-0.05, 0) is 37.5 Å². The molecule has 0 bridgehead atoms. The molecule has 0 amide bonds. The van der Waals surface area contributed by atoms with Gasteiger partial charge in [0.05, 0.1) is 7.11 Å². The fourth-order valence-corrected chi connectivity index (χ4v) is 2.77. The SMILES string of the molecule is COCCCNC(=NCc1nnc(C)n1C)NCCc1ccc(OC)cc1Cl.I. The molecule has 0 atom stereocenters. The number of benzene rings is 1. The second-order valence-electron chi connectivity index (χ2n) is 6.29. The summed E-state index contributed by atoms with van der Waals surface area (Å²) >= 11 is 6.32. The Labute approximate surface area is 194 Å². The van der Waals surface area contributed by atoms with Gasteiger partial charge < -0.3 is 24.7 Å². The molecule has 29 heavy (non-hydrogen) atoms. The van der Waals surface area contributed by atoms with E-state index in [2.05, 4.69) is 25.8 Å². The first-order chi connectivity index (χ1) is 13.5. The number of ether oxygens (including phenoxy) is 2. The summed E-state index contributed by atoms with van der Waals surface area (Å²) in [7, 11) is 5.26. The molecule has 8 nitrogen and oxygen atoms in total. The number of methoxy groups -OCH3 is 2. The van der Waals surface area contributed by atoms with Gasteiger partial charge in [-0.2, -0.15) is 0 Å². The van der Waals surface area contributed by atoms with Crippen molar-refractivity contribution in [2.75, 3.05) is 33.9 Å². The summed E-state index contributed by atoms with van der Waals surface area (Å²) < 4.78 is 12.2. The van der Waals surface area contributed by atoms with Crippen LogP contribution >= 0.6 is 35.6 Å². The summed E-state index contributed by atoms with van der Waals surface area (Å²) in [6.45, 7) is 4.52. The van der Waals surface area contributed by atoms with E-state index in [1.165, 1.54) is 0 Å². The van der Waals surface area contributed by atoms with Crippen LogP contribution in [0.15, 0.2) is 23.2 Å². The van der Waals surface area contributed by atoms with Gasteiger partial charge >= 0.3 is 0 Å². The van der Waals surface area contributed by atoms with Crippen LogP contribution in [0.5, 0.6) is 5.75 Å². The van der Waals surface area contributed by atoms with E-state index in [1.807, 2.05) is 36.7 Å². The molecule has 0 aliphatic rings. The van der Waals surface area contributed by atoms with Crippen molar-refractivity contribution in [1.82, 2.24) is 25.4 Å². The lowest BCUT2D eigenvalue weighted by atomic mass is 10.1. The van der Waals surface area contributed by atoms with E-state index in [0.717, 1.165) is 48.3 Å². The lowest BCUT2D eigenvalue weighted by molar-refractivity contribution is 0.195. The normalized spacial score (nSPS) is 11.1. The van der Waals surface area contributed by atoms with Gasteiger partial charge in [-0.15, -0.1) is 34.2 Å². The molecule has 1 heterocycles. The second kappa shape index (κ2) is 13.6. The van der Waals surface area contributed by atoms with Crippen molar-refractivity contribution in [3.63, 3.8) is 0 Å². The van der Waals surface area contributed by atoms with Crippen LogP contribution in [0.4, 0.5) is 0 Å². The Balaban J connectivity index is 0.00000420. The van der Waals surface area contributed by atoms with Crippen LogP contribution in [0, 0.1) is 6.92 Å². The van der Waals surface area contributed by atoms with E-state index in [9.17, 15) is 0 Å². The molecular weight excluding hydrogens is 507 g/mol. The summed E-state index contributed by atoms with van der Waals surface area (Å²) in [5, 5.41) is 15.6. The highest BCUT2D eigenvalue weighted by Crippen LogP contribution is 2.22. The zero-order valence-corrected chi connectivity index (χ0v) is 20.5. The molecule has 0 aliphatic carbocycles. The highest BCUT2D eigenvalue weighted by Gasteiger charge is 2.06. The minimum Gasteiger partial charge on any atom is -0.497 e. The van der Waals surface area contributed by atoms with Crippen LogP contribution in [0.25, 0.3) is 0 Å². The maximum atomic E-state index is 6.32. The zero-order chi connectivity index (χ0) is 20.4. The van der Waals surface area contributed by atoms with Gasteiger partial charge in [0, 0.05) is 38.9 Å². The maximum Gasteiger partial charge on any atom is 0.191 e. The fraction of sp³-hybridized carbons (Fsp3) is 0.526. The van der Waals surface area contributed by atoms with Crippen LogP contribution in [0.2, 0.25) is 5.02 Å².